The predicted molar refractivity (Wildman–Crippen MR) is 64.7 cm³/mol. The van der Waals surface area contributed by atoms with Crippen molar-refractivity contribution in [2.75, 3.05) is 11.9 Å². The summed E-state index contributed by atoms with van der Waals surface area (Å²) in [5.41, 5.74) is 1.13. The highest BCUT2D eigenvalue weighted by atomic mass is 15.3. The van der Waals surface area contributed by atoms with Gasteiger partial charge in [0, 0.05) is 18.3 Å². The zero-order chi connectivity index (χ0) is 12.1. The zero-order valence-corrected chi connectivity index (χ0v) is 10.1. The maximum Gasteiger partial charge on any atom is 0.137 e. The summed E-state index contributed by atoms with van der Waals surface area (Å²) in [5.74, 6) is 1.70. The van der Waals surface area contributed by atoms with E-state index >= 15 is 0 Å². The molecule has 0 atom stereocenters. The lowest BCUT2D eigenvalue weighted by atomic mass is 10.2. The Balaban J connectivity index is 1.96. The van der Waals surface area contributed by atoms with Gasteiger partial charge in [0.05, 0.1) is 6.54 Å². The van der Waals surface area contributed by atoms with Crippen molar-refractivity contribution in [3.05, 3.63) is 30.2 Å². The number of hydrogen-bond donors (Lipinski definition) is 1. The molecule has 0 bridgehead atoms. The average Bonchev–Trinajstić information content (AvgIpc) is 2.82. The Kier molecular flexibility index (Phi) is 3.64. The smallest absolute Gasteiger partial charge is 0.137 e. The highest BCUT2D eigenvalue weighted by Crippen LogP contribution is 2.11. The molecular weight excluding hydrogens is 216 g/mol. The molecule has 2 aromatic rings. The fourth-order valence-corrected chi connectivity index (χ4v) is 1.54. The summed E-state index contributed by atoms with van der Waals surface area (Å²) in [6.07, 6.45) is 6.03. The molecule has 2 aromatic heterocycles. The minimum absolute atomic E-state index is 0.770. The van der Waals surface area contributed by atoms with E-state index in [1.54, 1.807) is 11.0 Å². The van der Waals surface area contributed by atoms with Crippen molar-refractivity contribution in [3.8, 4) is 0 Å². The number of rotatable bonds is 5. The molecule has 2 rings (SSSR count). The Bertz CT molecular complexity index is 465. The molecule has 2 heterocycles. The monoisotopic (exact) mass is 232 g/mol. The lowest BCUT2D eigenvalue weighted by molar-refractivity contribution is 0.634. The van der Waals surface area contributed by atoms with Gasteiger partial charge in [0.25, 0.3) is 0 Å². The normalized spacial score (nSPS) is 10.5. The van der Waals surface area contributed by atoms with Crippen molar-refractivity contribution in [1.29, 1.82) is 0 Å². The molecule has 17 heavy (non-hydrogen) atoms. The van der Waals surface area contributed by atoms with Crippen LogP contribution in [0.4, 0.5) is 5.82 Å². The van der Waals surface area contributed by atoms with Crippen LogP contribution in [-0.2, 0) is 13.0 Å². The number of aryl methyl sites for hydroxylation is 2. The Hall–Kier alpha value is -1.98. The van der Waals surface area contributed by atoms with E-state index in [0.717, 1.165) is 36.7 Å². The lowest BCUT2D eigenvalue weighted by Gasteiger charge is -2.09. The molecule has 6 nitrogen and oxygen atoms in total. The van der Waals surface area contributed by atoms with Crippen molar-refractivity contribution in [1.82, 2.24) is 24.7 Å². The SMILES string of the molecule is CCc1cnc(C)nc1NCCn1cncn1. The van der Waals surface area contributed by atoms with Gasteiger partial charge in [-0.25, -0.2) is 15.0 Å². The van der Waals surface area contributed by atoms with Crippen LogP contribution < -0.4 is 5.32 Å². The summed E-state index contributed by atoms with van der Waals surface area (Å²) in [6.45, 7) is 5.53. The Labute approximate surface area is 100 Å². The quantitative estimate of drug-likeness (QED) is 0.834. The molecule has 0 saturated heterocycles. The summed E-state index contributed by atoms with van der Waals surface area (Å²) >= 11 is 0. The van der Waals surface area contributed by atoms with Crippen molar-refractivity contribution < 1.29 is 0 Å². The van der Waals surface area contributed by atoms with Gasteiger partial charge in [-0.3, -0.25) is 4.68 Å². The van der Waals surface area contributed by atoms with Crippen LogP contribution in [0.25, 0.3) is 0 Å². The third kappa shape index (κ3) is 2.99. The van der Waals surface area contributed by atoms with Gasteiger partial charge in [0.2, 0.25) is 0 Å². The van der Waals surface area contributed by atoms with Crippen LogP contribution in [0.5, 0.6) is 0 Å². The van der Waals surface area contributed by atoms with Crippen LogP contribution >= 0.6 is 0 Å². The molecule has 0 unspecified atom stereocenters. The third-order valence-corrected chi connectivity index (χ3v) is 2.47. The summed E-state index contributed by atoms with van der Waals surface area (Å²) in [7, 11) is 0. The number of nitrogens with zero attached hydrogens (tertiary/aromatic N) is 5. The van der Waals surface area contributed by atoms with Crippen molar-refractivity contribution in [3.63, 3.8) is 0 Å². The van der Waals surface area contributed by atoms with Crippen molar-refractivity contribution in [2.45, 2.75) is 26.8 Å². The van der Waals surface area contributed by atoms with Gasteiger partial charge < -0.3 is 5.32 Å². The summed E-state index contributed by atoms with van der Waals surface area (Å²) in [5, 5.41) is 7.34. The molecule has 90 valence electrons. The van der Waals surface area contributed by atoms with E-state index in [2.05, 4.69) is 32.3 Å². The Morgan fingerprint density at radius 3 is 3.00 bits per heavy atom. The van der Waals surface area contributed by atoms with Crippen LogP contribution in [0.15, 0.2) is 18.9 Å². The maximum absolute atomic E-state index is 4.40. The van der Waals surface area contributed by atoms with E-state index in [0.29, 0.717) is 0 Å². The first-order valence-electron chi connectivity index (χ1n) is 5.68. The highest BCUT2D eigenvalue weighted by molar-refractivity contribution is 5.42. The van der Waals surface area contributed by atoms with E-state index in [4.69, 9.17) is 0 Å². The first-order chi connectivity index (χ1) is 8.29. The molecule has 0 aliphatic carbocycles. The Morgan fingerprint density at radius 1 is 1.41 bits per heavy atom. The van der Waals surface area contributed by atoms with Crippen LogP contribution in [0.3, 0.4) is 0 Å². The molecule has 1 N–H and O–H groups in total. The van der Waals surface area contributed by atoms with E-state index in [1.807, 2.05) is 13.1 Å². The lowest BCUT2D eigenvalue weighted by Crippen LogP contribution is -2.13. The van der Waals surface area contributed by atoms with E-state index in [-0.39, 0.29) is 0 Å². The number of nitrogens with one attached hydrogen (secondary N) is 1. The summed E-state index contributed by atoms with van der Waals surface area (Å²) in [6, 6.07) is 0. The molecule has 0 aliphatic heterocycles. The van der Waals surface area contributed by atoms with Crippen molar-refractivity contribution in [2.24, 2.45) is 0 Å². The molecule has 6 heteroatoms. The minimum Gasteiger partial charge on any atom is -0.368 e. The number of anilines is 1. The first-order valence-corrected chi connectivity index (χ1v) is 5.68. The van der Waals surface area contributed by atoms with Gasteiger partial charge in [-0.2, -0.15) is 5.10 Å². The summed E-state index contributed by atoms with van der Waals surface area (Å²) in [4.78, 5) is 12.5. The minimum atomic E-state index is 0.770. The fraction of sp³-hybridized carbons (Fsp3) is 0.455. The molecule has 0 aromatic carbocycles. The van der Waals surface area contributed by atoms with Gasteiger partial charge in [-0.05, 0) is 13.3 Å². The first kappa shape index (κ1) is 11.5. The molecule has 0 amide bonds. The van der Waals surface area contributed by atoms with Gasteiger partial charge in [-0.15, -0.1) is 0 Å². The van der Waals surface area contributed by atoms with Crippen molar-refractivity contribution >= 4 is 5.82 Å². The largest absolute Gasteiger partial charge is 0.368 e. The summed E-state index contributed by atoms with van der Waals surface area (Å²) < 4.78 is 1.78. The topological polar surface area (TPSA) is 68.5 Å². The second-order valence-corrected chi connectivity index (χ2v) is 3.73. The van der Waals surface area contributed by atoms with Gasteiger partial charge in [0.1, 0.15) is 24.3 Å². The standard InChI is InChI=1S/C11H16N6/c1-3-10-6-14-9(2)16-11(10)13-4-5-17-8-12-7-15-17/h6-8H,3-5H2,1-2H3,(H,13,14,16). The molecule has 0 saturated carbocycles. The van der Waals surface area contributed by atoms with Crippen LogP contribution in [0.1, 0.15) is 18.3 Å². The van der Waals surface area contributed by atoms with Gasteiger partial charge in [0.15, 0.2) is 0 Å². The third-order valence-electron chi connectivity index (χ3n) is 2.47. The number of aromatic nitrogens is 5. The van der Waals surface area contributed by atoms with E-state index in [9.17, 15) is 0 Å². The molecular formula is C11H16N6. The van der Waals surface area contributed by atoms with E-state index < -0.39 is 0 Å². The van der Waals surface area contributed by atoms with Crippen LogP contribution in [-0.4, -0.2) is 31.3 Å². The second-order valence-electron chi connectivity index (χ2n) is 3.73. The zero-order valence-electron chi connectivity index (χ0n) is 10.1. The molecule has 0 radical (unpaired) electrons. The maximum atomic E-state index is 4.40. The van der Waals surface area contributed by atoms with E-state index in [1.165, 1.54) is 6.33 Å². The second kappa shape index (κ2) is 5.38. The average molecular weight is 232 g/mol. The van der Waals surface area contributed by atoms with Gasteiger partial charge >= 0.3 is 0 Å². The fourth-order valence-electron chi connectivity index (χ4n) is 1.54. The molecule has 0 aliphatic rings. The molecule has 0 spiro atoms. The Morgan fingerprint density at radius 2 is 2.29 bits per heavy atom. The van der Waals surface area contributed by atoms with Crippen LogP contribution in [0.2, 0.25) is 0 Å². The van der Waals surface area contributed by atoms with Crippen LogP contribution in [0, 0.1) is 6.92 Å². The number of hydrogen-bond acceptors (Lipinski definition) is 5. The predicted octanol–water partition coefficient (Wildman–Crippen LogP) is 1.05. The highest BCUT2D eigenvalue weighted by Gasteiger charge is 2.03. The van der Waals surface area contributed by atoms with Gasteiger partial charge in [-0.1, -0.05) is 6.92 Å². The molecule has 0 fully saturated rings.